The first-order valence-electron chi connectivity index (χ1n) is 6.39. The number of hydrogen-bond donors (Lipinski definition) is 1. The lowest BCUT2D eigenvalue weighted by atomic mass is 9.74. The molecule has 0 aromatic heterocycles. The maximum Gasteiger partial charge on any atom is 0.391 e. The standard InChI is InChI=1S/C14H17ClF3N/c15-12-4-2-1-3-10(12)9-13(19)7-5-11(6-8-13)14(16,17)18/h1-4,11H,5-9,19H2. The van der Waals surface area contributed by atoms with Crippen molar-refractivity contribution in [1.29, 1.82) is 0 Å². The van der Waals surface area contributed by atoms with Crippen LogP contribution in [0.3, 0.4) is 0 Å². The fraction of sp³-hybridized carbons (Fsp3) is 0.571. The molecule has 106 valence electrons. The summed E-state index contributed by atoms with van der Waals surface area (Å²) in [6, 6.07) is 7.36. The Hall–Kier alpha value is -0.740. The summed E-state index contributed by atoms with van der Waals surface area (Å²) in [6.07, 6.45) is -2.54. The van der Waals surface area contributed by atoms with Crippen molar-refractivity contribution in [2.45, 2.75) is 43.8 Å². The highest BCUT2D eigenvalue weighted by atomic mass is 35.5. The van der Waals surface area contributed by atoms with Gasteiger partial charge in [0.2, 0.25) is 0 Å². The van der Waals surface area contributed by atoms with Crippen LogP contribution in [0.25, 0.3) is 0 Å². The molecule has 2 N–H and O–H groups in total. The highest BCUT2D eigenvalue weighted by Crippen LogP contribution is 2.41. The van der Waals surface area contributed by atoms with Gasteiger partial charge in [-0.25, -0.2) is 0 Å². The smallest absolute Gasteiger partial charge is 0.325 e. The summed E-state index contributed by atoms with van der Waals surface area (Å²) in [5, 5.41) is 0.630. The average molecular weight is 292 g/mol. The molecular formula is C14H17ClF3N. The van der Waals surface area contributed by atoms with Crippen molar-refractivity contribution in [3.05, 3.63) is 34.9 Å². The van der Waals surface area contributed by atoms with E-state index in [9.17, 15) is 13.2 Å². The van der Waals surface area contributed by atoms with Crippen LogP contribution >= 0.6 is 11.6 Å². The van der Waals surface area contributed by atoms with Crippen molar-refractivity contribution < 1.29 is 13.2 Å². The van der Waals surface area contributed by atoms with E-state index in [1.54, 1.807) is 6.07 Å². The van der Waals surface area contributed by atoms with E-state index < -0.39 is 17.6 Å². The van der Waals surface area contributed by atoms with Crippen molar-refractivity contribution in [3.8, 4) is 0 Å². The molecule has 1 aliphatic rings. The zero-order chi connectivity index (χ0) is 14.1. The molecule has 1 nitrogen and oxygen atoms in total. The number of hydrogen-bond acceptors (Lipinski definition) is 1. The van der Waals surface area contributed by atoms with Crippen LogP contribution in [0.4, 0.5) is 13.2 Å². The third kappa shape index (κ3) is 3.63. The normalized spacial score (nSPS) is 28.4. The molecule has 0 amide bonds. The van der Waals surface area contributed by atoms with Crippen LogP contribution in [0.2, 0.25) is 5.02 Å². The van der Waals surface area contributed by atoms with E-state index in [1.165, 1.54) is 0 Å². The van der Waals surface area contributed by atoms with Gasteiger partial charge in [0.1, 0.15) is 0 Å². The predicted molar refractivity (Wildman–Crippen MR) is 70.1 cm³/mol. The van der Waals surface area contributed by atoms with E-state index in [0.29, 0.717) is 24.3 Å². The average Bonchev–Trinajstić information content (AvgIpc) is 2.31. The van der Waals surface area contributed by atoms with Crippen molar-refractivity contribution in [3.63, 3.8) is 0 Å². The third-order valence-electron chi connectivity index (χ3n) is 3.94. The molecule has 1 aromatic rings. The summed E-state index contributed by atoms with van der Waals surface area (Å²) in [7, 11) is 0. The summed E-state index contributed by atoms with van der Waals surface area (Å²) < 4.78 is 37.9. The molecule has 0 unspecified atom stereocenters. The summed E-state index contributed by atoms with van der Waals surface area (Å²) in [4.78, 5) is 0. The van der Waals surface area contributed by atoms with Crippen molar-refractivity contribution >= 4 is 11.6 Å². The molecule has 0 radical (unpaired) electrons. The summed E-state index contributed by atoms with van der Waals surface area (Å²) in [5.41, 5.74) is 6.59. The molecule has 1 aromatic carbocycles. The minimum atomic E-state index is -4.09. The Morgan fingerprint density at radius 3 is 2.32 bits per heavy atom. The fourth-order valence-electron chi connectivity index (χ4n) is 2.72. The first-order chi connectivity index (χ1) is 8.80. The second kappa shape index (κ2) is 5.33. The molecule has 19 heavy (non-hydrogen) atoms. The lowest BCUT2D eigenvalue weighted by Gasteiger charge is -2.38. The van der Waals surface area contributed by atoms with Gasteiger partial charge in [-0.3, -0.25) is 0 Å². The zero-order valence-electron chi connectivity index (χ0n) is 10.5. The Bertz CT molecular complexity index is 437. The molecule has 0 bridgehead atoms. The largest absolute Gasteiger partial charge is 0.391 e. The zero-order valence-corrected chi connectivity index (χ0v) is 11.3. The lowest BCUT2D eigenvalue weighted by molar-refractivity contribution is -0.184. The molecule has 1 fully saturated rings. The quantitative estimate of drug-likeness (QED) is 0.862. The first kappa shape index (κ1) is 14.7. The van der Waals surface area contributed by atoms with Gasteiger partial charge < -0.3 is 5.73 Å². The van der Waals surface area contributed by atoms with Crippen LogP contribution in [-0.4, -0.2) is 11.7 Å². The number of rotatable bonds is 2. The number of benzene rings is 1. The first-order valence-corrected chi connectivity index (χ1v) is 6.77. The van der Waals surface area contributed by atoms with E-state index >= 15 is 0 Å². The Morgan fingerprint density at radius 2 is 1.79 bits per heavy atom. The van der Waals surface area contributed by atoms with Gasteiger partial charge in [-0.05, 0) is 43.7 Å². The van der Waals surface area contributed by atoms with Crippen molar-refractivity contribution in [2.75, 3.05) is 0 Å². The minimum Gasteiger partial charge on any atom is -0.325 e. The van der Waals surface area contributed by atoms with E-state index in [0.717, 1.165) is 5.56 Å². The lowest BCUT2D eigenvalue weighted by Crippen LogP contribution is -2.47. The molecule has 2 rings (SSSR count). The third-order valence-corrected chi connectivity index (χ3v) is 4.31. The SMILES string of the molecule is NC1(Cc2ccccc2Cl)CCC(C(F)(F)F)CC1. The van der Waals surface area contributed by atoms with Crippen LogP contribution in [0.1, 0.15) is 31.2 Å². The number of halogens is 4. The Labute approximate surface area is 115 Å². The maximum atomic E-state index is 12.6. The molecule has 0 spiro atoms. The maximum absolute atomic E-state index is 12.6. The van der Waals surface area contributed by atoms with E-state index in [-0.39, 0.29) is 12.8 Å². The van der Waals surface area contributed by atoms with Crippen LogP contribution in [-0.2, 0) is 6.42 Å². The van der Waals surface area contributed by atoms with Gasteiger partial charge >= 0.3 is 6.18 Å². The highest BCUT2D eigenvalue weighted by molar-refractivity contribution is 6.31. The topological polar surface area (TPSA) is 26.0 Å². The van der Waals surface area contributed by atoms with Gasteiger partial charge in [-0.15, -0.1) is 0 Å². The minimum absolute atomic E-state index is 0.116. The van der Waals surface area contributed by atoms with E-state index in [1.807, 2.05) is 18.2 Å². The molecule has 0 aliphatic heterocycles. The fourth-order valence-corrected chi connectivity index (χ4v) is 2.92. The van der Waals surface area contributed by atoms with Gasteiger partial charge in [0.25, 0.3) is 0 Å². The number of nitrogens with two attached hydrogens (primary N) is 1. The van der Waals surface area contributed by atoms with Crippen molar-refractivity contribution in [1.82, 2.24) is 0 Å². The highest BCUT2D eigenvalue weighted by Gasteiger charge is 2.44. The summed E-state index contributed by atoms with van der Waals surface area (Å²) in [6.45, 7) is 0. The van der Waals surface area contributed by atoms with Gasteiger partial charge in [-0.2, -0.15) is 13.2 Å². The second-order valence-electron chi connectivity index (χ2n) is 5.45. The van der Waals surface area contributed by atoms with Crippen LogP contribution in [0.15, 0.2) is 24.3 Å². The van der Waals surface area contributed by atoms with Gasteiger partial charge in [0, 0.05) is 10.6 Å². The van der Waals surface area contributed by atoms with Crippen LogP contribution in [0.5, 0.6) is 0 Å². The van der Waals surface area contributed by atoms with Crippen molar-refractivity contribution in [2.24, 2.45) is 11.7 Å². The predicted octanol–water partition coefficient (Wildman–Crippen LogP) is 4.33. The monoisotopic (exact) mass is 291 g/mol. The van der Waals surface area contributed by atoms with Crippen LogP contribution < -0.4 is 5.73 Å². The van der Waals surface area contributed by atoms with Gasteiger partial charge in [0.15, 0.2) is 0 Å². The van der Waals surface area contributed by atoms with Crippen LogP contribution in [0, 0.1) is 5.92 Å². The molecule has 1 saturated carbocycles. The Balaban J connectivity index is 2.01. The molecule has 0 heterocycles. The van der Waals surface area contributed by atoms with E-state index in [2.05, 4.69) is 0 Å². The molecule has 0 atom stereocenters. The summed E-state index contributed by atoms with van der Waals surface area (Å²) >= 11 is 6.07. The molecule has 0 saturated heterocycles. The van der Waals surface area contributed by atoms with Gasteiger partial charge in [-0.1, -0.05) is 29.8 Å². The molecular weight excluding hydrogens is 275 g/mol. The Morgan fingerprint density at radius 1 is 1.21 bits per heavy atom. The Kier molecular flexibility index (Phi) is 4.11. The number of alkyl halides is 3. The second-order valence-corrected chi connectivity index (χ2v) is 5.85. The molecule has 5 heteroatoms. The van der Waals surface area contributed by atoms with E-state index in [4.69, 9.17) is 17.3 Å². The summed E-state index contributed by atoms with van der Waals surface area (Å²) in [5.74, 6) is -1.20. The molecule has 1 aliphatic carbocycles. The van der Waals surface area contributed by atoms with Gasteiger partial charge in [0.05, 0.1) is 5.92 Å².